The predicted octanol–water partition coefficient (Wildman–Crippen LogP) is 0.689. The third-order valence-corrected chi connectivity index (χ3v) is 5.91. The number of aliphatic hydroxyl groups excluding tert-OH is 2. The van der Waals surface area contributed by atoms with Gasteiger partial charge in [0.2, 0.25) is 0 Å². The minimum atomic E-state index is -1.23. The van der Waals surface area contributed by atoms with Crippen LogP contribution in [0.5, 0.6) is 0 Å². The molecule has 138 valence electrons. The van der Waals surface area contributed by atoms with E-state index in [4.69, 9.17) is 10.5 Å². The van der Waals surface area contributed by atoms with Crippen molar-refractivity contribution >= 4 is 30.2 Å². The first-order valence-corrected chi connectivity index (χ1v) is 11.4. The van der Waals surface area contributed by atoms with E-state index in [1.165, 1.54) is 6.33 Å². The van der Waals surface area contributed by atoms with Gasteiger partial charge in [0.15, 0.2) is 17.7 Å². The first-order chi connectivity index (χ1) is 11.7. The Kier molecular flexibility index (Phi) is 4.90. The van der Waals surface area contributed by atoms with Crippen LogP contribution in [0.1, 0.15) is 25.4 Å². The van der Waals surface area contributed by atoms with Crippen LogP contribution < -0.4 is 5.73 Å². The molecule has 1 saturated heterocycles. The number of ether oxygens (including phenoxy) is 1. The highest BCUT2D eigenvalue weighted by Gasteiger charge is 2.44. The molecule has 1 aliphatic rings. The number of aryl methyl sites for hydroxylation is 1. The maximum atomic E-state index is 10.5. The van der Waals surface area contributed by atoms with E-state index in [9.17, 15) is 10.2 Å². The fraction of sp³-hybridized carbons (Fsp3) is 0.625. The summed E-state index contributed by atoms with van der Waals surface area (Å²) < 4.78 is 7.59. The van der Waals surface area contributed by atoms with Gasteiger partial charge in [0.05, 0.1) is 12.4 Å². The molecule has 0 aromatic carbocycles. The molecule has 3 rings (SSSR count). The Labute approximate surface area is 147 Å². The second-order valence-corrected chi connectivity index (χ2v) is 11.5. The molecule has 0 aliphatic carbocycles. The first-order valence-electron chi connectivity index (χ1n) is 8.39. The van der Waals surface area contributed by atoms with E-state index in [0.717, 1.165) is 6.16 Å². The number of hydrogen-bond donors (Lipinski definition) is 3. The third-order valence-electron chi connectivity index (χ3n) is 4.44. The molecule has 0 amide bonds. The molecular formula is C16H26N5O3P. The average molecular weight is 367 g/mol. The molecule has 4 N–H and O–H groups in total. The maximum Gasteiger partial charge on any atom is 0.167 e. The van der Waals surface area contributed by atoms with Crippen LogP contribution in [0.15, 0.2) is 6.33 Å². The van der Waals surface area contributed by atoms with Crippen molar-refractivity contribution in [1.82, 2.24) is 19.5 Å². The molecule has 4 atom stereocenters. The van der Waals surface area contributed by atoms with Crippen LogP contribution in [0, 0.1) is 0 Å². The number of rotatable bonds is 5. The lowest BCUT2D eigenvalue weighted by Crippen LogP contribution is -2.31. The summed E-state index contributed by atoms with van der Waals surface area (Å²) >= 11 is 0. The summed E-state index contributed by atoms with van der Waals surface area (Å²) in [7, 11) is 0. The normalized spacial score (nSPS) is 27.2. The highest BCUT2D eigenvalue weighted by Crippen LogP contribution is 2.40. The zero-order valence-electron chi connectivity index (χ0n) is 14.8. The highest BCUT2D eigenvalue weighted by molar-refractivity contribution is 7.72. The van der Waals surface area contributed by atoms with E-state index in [-0.39, 0.29) is 0 Å². The summed E-state index contributed by atoms with van der Waals surface area (Å²) in [6.45, 7) is 4.98. The lowest BCUT2D eigenvalue weighted by molar-refractivity contribution is -0.0353. The highest BCUT2D eigenvalue weighted by atomic mass is 31.2. The Morgan fingerprint density at radius 3 is 2.68 bits per heavy atom. The zero-order valence-corrected chi connectivity index (χ0v) is 15.7. The number of nitrogens with zero attached hydrogens (tertiary/aromatic N) is 4. The zero-order chi connectivity index (χ0) is 18.4. The number of aliphatic hydroxyl groups is 2. The van der Waals surface area contributed by atoms with Crippen LogP contribution in [0.3, 0.4) is 0 Å². The van der Waals surface area contributed by atoms with Gasteiger partial charge in [-0.05, 0) is 25.9 Å². The van der Waals surface area contributed by atoms with Crippen LogP contribution >= 0.6 is 6.89 Å². The molecule has 0 spiro atoms. The number of fused-ring (bicyclic) bond motifs is 1. The van der Waals surface area contributed by atoms with Crippen molar-refractivity contribution in [2.24, 2.45) is 0 Å². The molecule has 9 heteroatoms. The van der Waals surface area contributed by atoms with Gasteiger partial charge in [-0.15, -0.1) is 13.2 Å². The van der Waals surface area contributed by atoms with Gasteiger partial charge in [0.1, 0.15) is 23.5 Å². The number of nitrogen functional groups attached to an aromatic ring is 1. The Balaban J connectivity index is 1.90. The number of nitrogens with two attached hydrogens (primary N) is 1. The van der Waals surface area contributed by atoms with E-state index < -0.39 is 31.4 Å². The van der Waals surface area contributed by atoms with Gasteiger partial charge in [-0.3, -0.25) is 4.57 Å². The lowest BCUT2D eigenvalue weighted by Gasteiger charge is -2.18. The van der Waals surface area contributed by atoms with Crippen LogP contribution in [-0.4, -0.2) is 73.8 Å². The van der Waals surface area contributed by atoms with Gasteiger partial charge in [0.25, 0.3) is 0 Å². The van der Waals surface area contributed by atoms with Crippen LogP contribution in [0.4, 0.5) is 5.82 Å². The SMILES string of the molecule is C=P(C)(C)CC[C@H]1O[C@@H](n2cnc3c(N)nc(CC)nc32)[C@H](O)[C@@H]1O. The molecular weight excluding hydrogens is 341 g/mol. The summed E-state index contributed by atoms with van der Waals surface area (Å²) in [6, 6.07) is 0. The number of imidazole rings is 1. The molecule has 0 radical (unpaired) electrons. The summed E-state index contributed by atoms with van der Waals surface area (Å²) in [5.74, 6) is 0.897. The minimum absolute atomic E-state index is 0.300. The Bertz CT molecular complexity index is 817. The topological polar surface area (TPSA) is 119 Å². The van der Waals surface area contributed by atoms with Crippen molar-refractivity contribution in [1.29, 1.82) is 0 Å². The molecule has 0 bridgehead atoms. The number of anilines is 1. The van der Waals surface area contributed by atoms with Crippen molar-refractivity contribution in [2.45, 2.75) is 44.3 Å². The Morgan fingerprint density at radius 2 is 2.04 bits per heavy atom. The first kappa shape index (κ1) is 18.3. The van der Waals surface area contributed by atoms with Gasteiger partial charge in [-0.2, -0.15) is 0 Å². The Morgan fingerprint density at radius 1 is 1.32 bits per heavy atom. The molecule has 1 aliphatic heterocycles. The van der Waals surface area contributed by atoms with Crippen LogP contribution in [0.25, 0.3) is 11.2 Å². The van der Waals surface area contributed by atoms with Crippen molar-refractivity contribution in [3.8, 4) is 0 Å². The molecule has 2 aromatic heterocycles. The fourth-order valence-corrected chi connectivity index (χ4v) is 3.96. The third kappa shape index (κ3) is 3.58. The second kappa shape index (κ2) is 6.68. The molecule has 1 fully saturated rings. The summed E-state index contributed by atoms with van der Waals surface area (Å²) in [4.78, 5) is 12.9. The van der Waals surface area contributed by atoms with Crippen LogP contribution in [-0.2, 0) is 11.2 Å². The minimum Gasteiger partial charge on any atom is -0.388 e. The monoisotopic (exact) mass is 367 g/mol. The van der Waals surface area contributed by atoms with E-state index in [1.807, 2.05) is 6.92 Å². The van der Waals surface area contributed by atoms with Crippen LogP contribution in [0.2, 0.25) is 0 Å². The summed E-state index contributed by atoms with van der Waals surface area (Å²) in [5.41, 5.74) is 6.92. The Hall–Kier alpha value is -1.47. The number of hydrogen-bond acceptors (Lipinski definition) is 7. The van der Waals surface area contributed by atoms with Gasteiger partial charge in [-0.1, -0.05) is 6.92 Å². The smallest absolute Gasteiger partial charge is 0.167 e. The van der Waals surface area contributed by atoms with Gasteiger partial charge >= 0.3 is 0 Å². The summed E-state index contributed by atoms with van der Waals surface area (Å²) in [6.07, 6.45) is 4.66. The van der Waals surface area contributed by atoms with E-state index in [2.05, 4.69) is 34.6 Å². The van der Waals surface area contributed by atoms with Crippen molar-refractivity contribution in [2.75, 3.05) is 25.2 Å². The molecule has 8 nitrogen and oxygen atoms in total. The van der Waals surface area contributed by atoms with Gasteiger partial charge < -0.3 is 20.7 Å². The van der Waals surface area contributed by atoms with E-state index in [0.29, 0.717) is 35.6 Å². The van der Waals surface area contributed by atoms with Crippen molar-refractivity contribution < 1.29 is 14.9 Å². The van der Waals surface area contributed by atoms with E-state index >= 15 is 0 Å². The standard InChI is InChI=1S/C16H26N5O3P/c1-5-10-19-14(17)11-15(20-10)21(8-18-11)16-13(23)12(22)9(24-16)6-7-25(2,3)4/h8-9,12-13,16,22-23H,2,5-7H2,1,3-4H3,(H2,17,19,20)/t9-,12-,13-,16-/m1/s1. The molecule has 3 heterocycles. The maximum absolute atomic E-state index is 10.5. The largest absolute Gasteiger partial charge is 0.388 e. The fourth-order valence-electron chi connectivity index (χ4n) is 3.00. The molecule has 2 aromatic rings. The van der Waals surface area contributed by atoms with Gasteiger partial charge in [-0.25, -0.2) is 15.0 Å². The molecule has 25 heavy (non-hydrogen) atoms. The molecule has 0 saturated carbocycles. The van der Waals surface area contributed by atoms with Crippen molar-refractivity contribution in [3.05, 3.63) is 12.2 Å². The molecule has 0 unspecified atom stereocenters. The predicted molar refractivity (Wildman–Crippen MR) is 100 cm³/mol. The number of aromatic nitrogens is 4. The van der Waals surface area contributed by atoms with Gasteiger partial charge in [0, 0.05) is 6.42 Å². The quantitative estimate of drug-likeness (QED) is 0.665. The van der Waals surface area contributed by atoms with Crippen molar-refractivity contribution in [3.63, 3.8) is 0 Å². The van der Waals surface area contributed by atoms with E-state index in [1.54, 1.807) is 4.57 Å². The average Bonchev–Trinajstić information content (AvgIpc) is 3.08. The summed E-state index contributed by atoms with van der Waals surface area (Å²) in [5, 5.41) is 20.9. The lowest BCUT2D eigenvalue weighted by atomic mass is 10.1. The second-order valence-electron chi connectivity index (χ2n) is 7.20.